The fourth-order valence-electron chi connectivity index (χ4n) is 2.22. The molecule has 8 nitrogen and oxygen atoms in total. The van der Waals surface area contributed by atoms with Crippen molar-refractivity contribution in [3.05, 3.63) is 39.3 Å². The van der Waals surface area contributed by atoms with Gasteiger partial charge in [0.25, 0.3) is 0 Å². The number of carbonyl (C=O) groups excluding carboxylic acids is 2. The highest BCUT2D eigenvalue weighted by atomic mass is 35.5. The maximum Gasteiger partial charge on any atom is 0.343 e. The van der Waals surface area contributed by atoms with Gasteiger partial charge in [0.2, 0.25) is 11.8 Å². The summed E-state index contributed by atoms with van der Waals surface area (Å²) < 4.78 is 1.51. The van der Waals surface area contributed by atoms with Crippen LogP contribution in [0.1, 0.15) is 25.3 Å². The van der Waals surface area contributed by atoms with Gasteiger partial charge in [-0.2, -0.15) is 0 Å². The second-order valence-electron chi connectivity index (χ2n) is 5.84. The van der Waals surface area contributed by atoms with Crippen molar-refractivity contribution in [3.63, 3.8) is 0 Å². The maximum atomic E-state index is 12.0. The molecule has 3 N–H and O–H groups in total. The zero-order chi connectivity index (χ0) is 19.8. The summed E-state index contributed by atoms with van der Waals surface area (Å²) in [6.07, 6.45) is 1.80. The van der Waals surface area contributed by atoms with Gasteiger partial charge in [-0.1, -0.05) is 42.8 Å². The number of unbranched alkanes of at least 4 members (excludes halogenated alkanes) is 1. The van der Waals surface area contributed by atoms with Gasteiger partial charge in [0.1, 0.15) is 0 Å². The lowest BCUT2D eigenvalue weighted by Gasteiger charge is -2.10. The van der Waals surface area contributed by atoms with E-state index in [1.165, 1.54) is 4.57 Å². The van der Waals surface area contributed by atoms with Crippen LogP contribution in [0.25, 0.3) is 0 Å². The molecule has 2 aromatic rings. The van der Waals surface area contributed by atoms with Gasteiger partial charge in [-0.3, -0.25) is 14.2 Å². The molecule has 0 aliphatic carbocycles. The summed E-state index contributed by atoms with van der Waals surface area (Å²) in [5.41, 5.74) is 1.08. The van der Waals surface area contributed by atoms with E-state index in [0.717, 1.165) is 30.2 Å². The molecule has 1 aromatic heterocycles. The van der Waals surface area contributed by atoms with Crippen LogP contribution in [0.4, 0.5) is 5.69 Å². The number of nitrogens with zero attached hydrogens (tertiary/aromatic N) is 2. The van der Waals surface area contributed by atoms with Crippen LogP contribution in [-0.4, -0.2) is 38.9 Å². The monoisotopic (exact) mass is 411 g/mol. The van der Waals surface area contributed by atoms with Crippen LogP contribution in [-0.2, 0) is 16.1 Å². The highest BCUT2D eigenvalue weighted by Gasteiger charge is 2.12. The number of hydrogen-bond acceptors (Lipinski definition) is 5. The van der Waals surface area contributed by atoms with Gasteiger partial charge in [-0.15, -0.1) is 5.10 Å². The van der Waals surface area contributed by atoms with Crippen LogP contribution in [0, 0.1) is 6.92 Å². The van der Waals surface area contributed by atoms with Crippen LogP contribution in [0.2, 0.25) is 5.02 Å². The van der Waals surface area contributed by atoms with Crippen LogP contribution in [0.3, 0.4) is 0 Å². The molecule has 10 heteroatoms. The van der Waals surface area contributed by atoms with Gasteiger partial charge >= 0.3 is 5.69 Å². The van der Waals surface area contributed by atoms with Crippen molar-refractivity contribution in [1.82, 2.24) is 20.1 Å². The Balaban J connectivity index is 1.80. The lowest BCUT2D eigenvalue weighted by Crippen LogP contribution is -2.34. The molecule has 146 valence electrons. The number of H-pyrrole nitrogens is 1. The molecule has 0 radical (unpaired) electrons. The Morgan fingerprint density at radius 3 is 2.85 bits per heavy atom. The van der Waals surface area contributed by atoms with Crippen LogP contribution >= 0.6 is 23.4 Å². The molecule has 1 aromatic carbocycles. The molecule has 27 heavy (non-hydrogen) atoms. The van der Waals surface area contributed by atoms with Gasteiger partial charge in [0.15, 0.2) is 5.16 Å². The van der Waals surface area contributed by atoms with Crippen LogP contribution in [0.15, 0.2) is 28.2 Å². The quantitative estimate of drug-likeness (QED) is 0.548. The maximum absolute atomic E-state index is 12.0. The van der Waals surface area contributed by atoms with Crippen molar-refractivity contribution in [2.24, 2.45) is 0 Å². The molecule has 0 atom stereocenters. The highest BCUT2D eigenvalue weighted by molar-refractivity contribution is 7.99. The molecule has 0 saturated carbocycles. The molecule has 0 aliphatic rings. The standard InChI is InChI=1S/C17H22ClN5O3S/c1-3-4-8-23-16(26)21-22-17(23)27-10-15(25)19-9-14(24)20-13-7-5-6-12(18)11(13)2/h5-7H,3-4,8-10H2,1-2H3,(H,19,25)(H,20,24)(H,21,26). The van der Waals surface area contributed by atoms with Gasteiger partial charge in [0.05, 0.1) is 12.3 Å². The van der Waals surface area contributed by atoms with E-state index >= 15 is 0 Å². The molecule has 0 bridgehead atoms. The number of nitrogens with one attached hydrogen (secondary N) is 3. The minimum absolute atomic E-state index is 0.0554. The van der Waals surface area contributed by atoms with E-state index in [2.05, 4.69) is 20.8 Å². The Hall–Kier alpha value is -2.26. The van der Waals surface area contributed by atoms with Crippen molar-refractivity contribution in [2.45, 2.75) is 38.4 Å². The first kappa shape index (κ1) is 21.0. The summed E-state index contributed by atoms with van der Waals surface area (Å²) >= 11 is 7.16. The highest BCUT2D eigenvalue weighted by Crippen LogP contribution is 2.22. The van der Waals surface area contributed by atoms with Crippen molar-refractivity contribution in [3.8, 4) is 0 Å². The molecule has 0 fully saturated rings. The number of aromatic nitrogens is 3. The average molecular weight is 412 g/mol. The number of rotatable bonds is 9. The average Bonchev–Trinajstić information content (AvgIpc) is 3.00. The summed E-state index contributed by atoms with van der Waals surface area (Å²) in [5, 5.41) is 12.6. The summed E-state index contributed by atoms with van der Waals surface area (Å²) in [6, 6.07) is 5.22. The van der Waals surface area contributed by atoms with Crippen molar-refractivity contribution < 1.29 is 9.59 Å². The Labute approximate surface area is 166 Å². The Morgan fingerprint density at radius 2 is 2.11 bits per heavy atom. The van der Waals surface area contributed by atoms with Crippen molar-refractivity contribution >= 4 is 40.9 Å². The number of amides is 2. The molecule has 0 aliphatic heterocycles. The third kappa shape index (κ3) is 6.14. The molecular formula is C17H22ClN5O3S. The van der Waals surface area contributed by atoms with E-state index in [9.17, 15) is 14.4 Å². The van der Waals surface area contributed by atoms with Gasteiger partial charge in [-0.05, 0) is 31.0 Å². The first-order valence-electron chi connectivity index (χ1n) is 8.52. The molecule has 1 heterocycles. The van der Waals surface area contributed by atoms with Gasteiger partial charge in [0, 0.05) is 17.3 Å². The van der Waals surface area contributed by atoms with Crippen LogP contribution in [0.5, 0.6) is 0 Å². The number of halogens is 1. The topological polar surface area (TPSA) is 109 Å². The number of hydrogen-bond donors (Lipinski definition) is 3. The van der Waals surface area contributed by atoms with E-state index < -0.39 is 0 Å². The number of thioether (sulfide) groups is 1. The molecule has 0 spiro atoms. The number of aromatic amines is 1. The second kappa shape index (κ2) is 10.2. The minimum atomic E-state index is -0.349. The predicted octanol–water partition coefficient (Wildman–Crippen LogP) is 2.18. The number of carbonyl (C=O) groups is 2. The number of benzene rings is 1. The lowest BCUT2D eigenvalue weighted by atomic mass is 10.2. The minimum Gasteiger partial charge on any atom is -0.346 e. The van der Waals surface area contributed by atoms with E-state index in [1.807, 2.05) is 6.92 Å². The Morgan fingerprint density at radius 1 is 1.33 bits per heavy atom. The van der Waals surface area contributed by atoms with E-state index in [-0.39, 0.29) is 29.8 Å². The van der Waals surface area contributed by atoms with E-state index in [0.29, 0.717) is 22.4 Å². The van der Waals surface area contributed by atoms with Crippen molar-refractivity contribution in [1.29, 1.82) is 0 Å². The SMILES string of the molecule is CCCCn1c(SCC(=O)NCC(=O)Nc2cccc(Cl)c2C)n[nH]c1=O. The Bertz CT molecular complexity index is 864. The molecular weight excluding hydrogens is 390 g/mol. The van der Waals surface area contributed by atoms with Crippen LogP contribution < -0.4 is 16.3 Å². The summed E-state index contributed by atoms with van der Waals surface area (Å²) in [6.45, 7) is 4.22. The molecule has 2 rings (SSSR count). The third-order valence-electron chi connectivity index (χ3n) is 3.78. The molecule has 2 amide bonds. The zero-order valence-corrected chi connectivity index (χ0v) is 16.7. The molecule has 0 saturated heterocycles. The van der Waals surface area contributed by atoms with E-state index in [1.54, 1.807) is 25.1 Å². The predicted molar refractivity (Wildman–Crippen MR) is 106 cm³/mol. The fourth-order valence-corrected chi connectivity index (χ4v) is 3.20. The zero-order valence-electron chi connectivity index (χ0n) is 15.2. The van der Waals surface area contributed by atoms with Gasteiger partial charge < -0.3 is 10.6 Å². The number of anilines is 1. The normalized spacial score (nSPS) is 10.6. The first-order valence-corrected chi connectivity index (χ1v) is 9.88. The lowest BCUT2D eigenvalue weighted by molar-refractivity contribution is -0.122. The van der Waals surface area contributed by atoms with E-state index in [4.69, 9.17) is 11.6 Å². The summed E-state index contributed by atoms with van der Waals surface area (Å²) in [4.78, 5) is 35.7. The summed E-state index contributed by atoms with van der Waals surface area (Å²) in [7, 11) is 0. The third-order valence-corrected chi connectivity index (χ3v) is 5.16. The first-order chi connectivity index (χ1) is 12.9. The Kier molecular flexibility index (Phi) is 7.93. The largest absolute Gasteiger partial charge is 0.346 e. The summed E-state index contributed by atoms with van der Waals surface area (Å²) in [5.74, 6) is -0.617. The molecule has 0 unspecified atom stereocenters. The second-order valence-corrected chi connectivity index (χ2v) is 7.19. The fraction of sp³-hybridized carbons (Fsp3) is 0.412. The van der Waals surface area contributed by atoms with Gasteiger partial charge in [-0.25, -0.2) is 9.89 Å². The van der Waals surface area contributed by atoms with Crippen molar-refractivity contribution in [2.75, 3.05) is 17.6 Å². The smallest absolute Gasteiger partial charge is 0.343 e.